The van der Waals surface area contributed by atoms with Crippen molar-refractivity contribution in [3.05, 3.63) is 53.9 Å². The van der Waals surface area contributed by atoms with Crippen molar-refractivity contribution in [2.75, 3.05) is 5.73 Å². The van der Waals surface area contributed by atoms with Crippen molar-refractivity contribution in [3.8, 4) is 5.75 Å². The van der Waals surface area contributed by atoms with Crippen LogP contribution in [-0.4, -0.2) is 16.0 Å². The van der Waals surface area contributed by atoms with E-state index in [-0.39, 0.29) is 23.4 Å². The van der Waals surface area contributed by atoms with Gasteiger partial charge in [-0.05, 0) is 42.8 Å². The molecule has 0 radical (unpaired) electrons. The van der Waals surface area contributed by atoms with E-state index in [1.165, 1.54) is 12.1 Å². The van der Waals surface area contributed by atoms with Gasteiger partial charge in [-0.3, -0.25) is 9.78 Å². The second-order valence-corrected chi connectivity index (χ2v) is 4.25. The number of benzene rings is 1. The van der Waals surface area contributed by atoms with E-state index in [0.29, 0.717) is 5.56 Å². The maximum atomic E-state index is 12.0. The minimum atomic E-state index is -0.264. The van der Waals surface area contributed by atoms with Gasteiger partial charge in [0, 0.05) is 18.0 Å². The first-order valence-corrected chi connectivity index (χ1v) is 5.87. The summed E-state index contributed by atoms with van der Waals surface area (Å²) in [5, 5.41) is 12.3. The molecule has 98 valence electrons. The molecule has 1 amide bonds. The molecule has 5 nitrogen and oxygen atoms in total. The fourth-order valence-electron chi connectivity index (χ4n) is 1.70. The lowest BCUT2D eigenvalue weighted by Gasteiger charge is -2.14. The first-order chi connectivity index (χ1) is 9.08. The maximum absolute atomic E-state index is 12.0. The lowest BCUT2D eigenvalue weighted by atomic mass is 10.1. The van der Waals surface area contributed by atoms with E-state index < -0.39 is 0 Å². The molecule has 0 bridgehead atoms. The molecule has 0 fully saturated rings. The number of nitrogens with two attached hydrogens (primary N) is 1. The van der Waals surface area contributed by atoms with Crippen LogP contribution in [0.4, 0.5) is 5.69 Å². The van der Waals surface area contributed by atoms with Gasteiger partial charge < -0.3 is 16.2 Å². The van der Waals surface area contributed by atoms with Crippen LogP contribution in [-0.2, 0) is 0 Å². The van der Waals surface area contributed by atoms with Gasteiger partial charge in [0.2, 0.25) is 0 Å². The van der Waals surface area contributed by atoms with E-state index in [9.17, 15) is 9.90 Å². The fourth-order valence-corrected chi connectivity index (χ4v) is 1.70. The van der Waals surface area contributed by atoms with Crippen molar-refractivity contribution in [2.24, 2.45) is 0 Å². The van der Waals surface area contributed by atoms with E-state index in [1.54, 1.807) is 18.5 Å². The Balaban J connectivity index is 2.11. The van der Waals surface area contributed by atoms with Crippen molar-refractivity contribution in [3.63, 3.8) is 0 Å². The standard InChI is InChI=1S/C14H15N3O2/c1-9(10-4-6-16-7-5-10)17-14(19)11-2-3-12(15)13(18)8-11/h2-9,18H,15H2,1H3,(H,17,19). The largest absolute Gasteiger partial charge is 0.506 e. The van der Waals surface area contributed by atoms with Gasteiger partial charge in [-0.2, -0.15) is 0 Å². The highest BCUT2D eigenvalue weighted by Crippen LogP contribution is 2.21. The molecule has 0 aliphatic heterocycles. The third-order valence-electron chi connectivity index (χ3n) is 2.85. The Labute approximate surface area is 111 Å². The SMILES string of the molecule is CC(NC(=O)c1ccc(N)c(O)c1)c1ccncc1. The molecule has 1 unspecified atom stereocenters. The number of hydrogen-bond acceptors (Lipinski definition) is 4. The highest BCUT2D eigenvalue weighted by molar-refractivity contribution is 5.95. The number of nitrogen functional groups attached to an aromatic ring is 1. The second kappa shape index (κ2) is 5.39. The summed E-state index contributed by atoms with van der Waals surface area (Å²) in [6, 6.07) is 7.96. The van der Waals surface area contributed by atoms with E-state index in [4.69, 9.17) is 5.73 Å². The number of pyridine rings is 1. The Morgan fingerprint density at radius 3 is 2.63 bits per heavy atom. The topological polar surface area (TPSA) is 88.2 Å². The van der Waals surface area contributed by atoms with Crippen molar-refractivity contribution in [1.82, 2.24) is 10.3 Å². The molecule has 19 heavy (non-hydrogen) atoms. The normalized spacial score (nSPS) is 11.8. The first kappa shape index (κ1) is 12.9. The summed E-state index contributed by atoms with van der Waals surface area (Å²) in [6.07, 6.45) is 3.35. The van der Waals surface area contributed by atoms with Gasteiger partial charge in [-0.15, -0.1) is 0 Å². The summed E-state index contributed by atoms with van der Waals surface area (Å²) >= 11 is 0. The van der Waals surface area contributed by atoms with Crippen LogP contribution < -0.4 is 11.1 Å². The maximum Gasteiger partial charge on any atom is 0.251 e. The summed E-state index contributed by atoms with van der Waals surface area (Å²) < 4.78 is 0. The number of hydrogen-bond donors (Lipinski definition) is 3. The summed E-state index contributed by atoms with van der Waals surface area (Å²) in [5.41, 5.74) is 7.07. The molecule has 0 aliphatic carbocycles. The molecule has 5 heteroatoms. The number of carbonyl (C=O) groups is 1. The molecule has 1 atom stereocenters. The monoisotopic (exact) mass is 257 g/mol. The van der Waals surface area contributed by atoms with Crippen molar-refractivity contribution in [1.29, 1.82) is 0 Å². The molecule has 1 aromatic heterocycles. The number of amides is 1. The Kier molecular flexibility index (Phi) is 3.66. The van der Waals surface area contributed by atoms with Crippen LogP contribution >= 0.6 is 0 Å². The smallest absolute Gasteiger partial charge is 0.251 e. The number of phenols is 1. The number of aromatic nitrogens is 1. The summed E-state index contributed by atoms with van der Waals surface area (Å²) in [7, 11) is 0. The predicted octanol–water partition coefficient (Wildman–Crippen LogP) is 1.86. The highest BCUT2D eigenvalue weighted by Gasteiger charge is 2.12. The Morgan fingerprint density at radius 1 is 1.32 bits per heavy atom. The van der Waals surface area contributed by atoms with Gasteiger partial charge in [0.25, 0.3) is 5.91 Å². The molecule has 2 aromatic rings. The van der Waals surface area contributed by atoms with Crippen LogP contribution in [0.2, 0.25) is 0 Å². The zero-order chi connectivity index (χ0) is 13.8. The number of carbonyl (C=O) groups excluding carboxylic acids is 1. The Hall–Kier alpha value is -2.56. The van der Waals surface area contributed by atoms with Crippen LogP contribution in [0.3, 0.4) is 0 Å². The summed E-state index contributed by atoms with van der Waals surface area (Å²) in [5.74, 6) is -0.358. The fraction of sp³-hybridized carbons (Fsp3) is 0.143. The molecular weight excluding hydrogens is 242 g/mol. The zero-order valence-corrected chi connectivity index (χ0v) is 10.5. The zero-order valence-electron chi connectivity index (χ0n) is 10.5. The van der Waals surface area contributed by atoms with E-state index in [2.05, 4.69) is 10.3 Å². The molecule has 4 N–H and O–H groups in total. The van der Waals surface area contributed by atoms with Gasteiger partial charge in [-0.25, -0.2) is 0 Å². The average molecular weight is 257 g/mol. The van der Waals surface area contributed by atoms with Gasteiger partial charge in [0.1, 0.15) is 5.75 Å². The Morgan fingerprint density at radius 2 is 2.00 bits per heavy atom. The molecule has 1 heterocycles. The molecular formula is C14H15N3O2. The van der Waals surface area contributed by atoms with Crippen LogP contribution in [0.15, 0.2) is 42.7 Å². The van der Waals surface area contributed by atoms with E-state index >= 15 is 0 Å². The average Bonchev–Trinajstić information content (AvgIpc) is 2.42. The van der Waals surface area contributed by atoms with Crippen molar-refractivity contribution < 1.29 is 9.90 Å². The van der Waals surface area contributed by atoms with Crippen LogP contribution in [0.5, 0.6) is 5.75 Å². The summed E-state index contributed by atoms with van der Waals surface area (Å²) in [4.78, 5) is 15.9. The summed E-state index contributed by atoms with van der Waals surface area (Å²) in [6.45, 7) is 1.88. The van der Waals surface area contributed by atoms with E-state index in [0.717, 1.165) is 5.56 Å². The quantitative estimate of drug-likeness (QED) is 0.578. The number of phenolic OH excluding ortho intramolecular Hbond substituents is 1. The number of nitrogens with zero attached hydrogens (tertiary/aromatic N) is 1. The lowest BCUT2D eigenvalue weighted by molar-refractivity contribution is 0.0939. The number of aromatic hydroxyl groups is 1. The minimum absolute atomic E-state index is 0.0933. The number of nitrogens with one attached hydrogen (secondary N) is 1. The molecule has 0 saturated carbocycles. The van der Waals surface area contributed by atoms with Gasteiger partial charge in [-0.1, -0.05) is 0 Å². The van der Waals surface area contributed by atoms with Crippen LogP contribution in [0.1, 0.15) is 28.9 Å². The highest BCUT2D eigenvalue weighted by atomic mass is 16.3. The Bertz CT molecular complexity index is 584. The molecule has 1 aromatic carbocycles. The minimum Gasteiger partial charge on any atom is -0.506 e. The first-order valence-electron chi connectivity index (χ1n) is 5.87. The number of rotatable bonds is 3. The third-order valence-corrected chi connectivity index (χ3v) is 2.85. The van der Waals surface area contributed by atoms with Crippen LogP contribution in [0, 0.1) is 0 Å². The van der Waals surface area contributed by atoms with Gasteiger partial charge >= 0.3 is 0 Å². The number of anilines is 1. The third kappa shape index (κ3) is 3.01. The molecule has 0 aliphatic rings. The lowest BCUT2D eigenvalue weighted by Crippen LogP contribution is -2.26. The van der Waals surface area contributed by atoms with E-state index in [1.807, 2.05) is 19.1 Å². The predicted molar refractivity (Wildman–Crippen MR) is 72.6 cm³/mol. The molecule has 0 saturated heterocycles. The van der Waals surface area contributed by atoms with Crippen molar-refractivity contribution in [2.45, 2.75) is 13.0 Å². The molecule has 0 spiro atoms. The van der Waals surface area contributed by atoms with Crippen molar-refractivity contribution >= 4 is 11.6 Å². The van der Waals surface area contributed by atoms with Gasteiger partial charge in [0.05, 0.1) is 11.7 Å². The molecule has 2 rings (SSSR count). The van der Waals surface area contributed by atoms with Gasteiger partial charge in [0.15, 0.2) is 0 Å². The van der Waals surface area contributed by atoms with Crippen LogP contribution in [0.25, 0.3) is 0 Å². The second-order valence-electron chi connectivity index (χ2n) is 4.25.